The van der Waals surface area contributed by atoms with Gasteiger partial charge in [0.1, 0.15) is 12.8 Å². The van der Waals surface area contributed by atoms with Gasteiger partial charge >= 0.3 is 0 Å². The van der Waals surface area contributed by atoms with E-state index in [9.17, 15) is 0 Å². The molecule has 0 unspecified atom stereocenters. The average molecular weight is 233 g/mol. The predicted molar refractivity (Wildman–Crippen MR) is 66.4 cm³/mol. The van der Waals surface area contributed by atoms with Gasteiger partial charge in [0.25, 0.3) is 0 Å². The normalized spacial score (nSPS) is 11.4. The summed E-state index contributed by atoms with van der Waals surface area (Å²) < 4.78 is 7.14. The lowest BCUT2D eigenvalue weighted by Gasteiger charge is -2.15. The first-order chi connectivity index (χ1) is 7.42. The first kappa shape index (κ1) is 13.0. The van der Waals surface area contributed by atoms with E-state index in [0.29, 0.717) is 18.1 Å². The van der Waals surface area contributed by atoms with Crippen LogP contribution in [0.3, 0.4) is 0 Å². The second-order valence-corrected chi connectivity index (χ2v) is 10.5. The summed E-state index contributed by atoms with van der Waals surface area (Å²) in [6.07, 6.45) is 1.60. The van der Waals surface area contributed by atoms with Crippen LogP contribution < -0.4 is 5.72 Å². The van der Waals surface area contributed by atoms with Gasteiger partial charge in [0.2, 0.25) is 0 Å². The largest absolute Gasteiger partial charge is 0.361 e. The molecule has 1 aromatic rings. The van der Waals surface area contributed by atoms with Crippen molar-refractivity contribution in [2.75, 3.05) is 6.61 Å². The topological polar surface area (TPSA) is 50.8 Å². The van der Waals surface area contributed by atoms with Crippen molar-refractivity contribution >= 4 is 21.6 Å². The predicted octanol–water partition coefficient (Wildman–Crippen LogP) is 0.861. The highest BCUT2D eigenvalue weighted by molar-refractivity contribution is 6.76. The molecule has 0 N–H and O–H groups in total. The van der Waals surface area contributed by atoms with E-state index in [-0.39, 0.29) is 0 Å². The number of aromatic nitrogens is 2. The molecule has 16 heavy (non-hydrogen) atoms. The first-order valence-electron chi connectivity index (χ1n) is 5.23. The third kappa shape index (κ3) is 4.21. The number of hydrogen-bond acceptors (Lipinski definition) is 3. The summed E-state index contributed by atoms with van der Waals surface area (Å²) in [5.41, 5.74) is 0.649. The fourth-order valence-electron chi connectivity index (χ4n) is 1.13. The fourth-order valence-corrected chi connectivity index (χ4v) is 1.89. The molecule has 6 heteroatoms. The Balaban J connectivity index is 2.38. The third-order valence-corrected chi connectivity index (χ3v) is 3.85. The SMILES string of the molecule is [B]c1nc(C#N)cn1COCC[Si](C)(C)C. The van der Waals surface area contributed by atoms with Crippen molar-refractivity contribution in [3.8, 4) is 6.07 Å². The van der Waals surface area contributed by atoms with Crippen molar-refractivity contribution in [2.45, 2.75) is 32.4 Å². The number of ether oxygens (including phenoxy) is 1. The monoisotopic (exact) mass is 233 g/mol. The molecular weight excluding hydrogens is 217 g/mol. The van der Waals surface area contributed by atoms with Crippen molar-refractivity contribution in [2.24, 2.45) is 0 Å². The molecule has 0 bridgehead atoms. The minimum Gasteiger partial charge on any atom is -0.361 e. The van der Waals surface area contributed by atoms with Crippen LogP contribution in [-0.2, 0) is 11.5 Å². The molecule has 0 spiro atoms. The third-order valence-electron chi connectivity index (χ3n) is 2.15. The first-order valence-corrected chi connectivity index (χ1v) is 8.93. The van der Waals surface area contributed by atoms with Crippen LogP contribution >= 0.6 is 0 Å². The van der Waals surface area contributed by atoms with Gasteiger partial charge < -0.3 is 9.30 Å². The lowest BCUT2D eigenvalue weighted by Crippen LogP contribution is -2.24. The fraction of sp³-hybridized carbons (Fsp3) is 0.600. The Morgan fingerprint density at radius 2 is 2.25 bits per heavy atom. The van der Waals surface area contributed by atoms with E-state index >= 15 is 0 Å². The molecule has 84 valence electrons. The molecule has 0 aliphatic heterocycles. The minimum absolute atomic E-state index is 0.324. The van der Waals surface area contributed by atoms with Gasteiger partial charge in [-0.05, 0) is 6.04 Å². The highest BCUT2D eigenvalue weighted by Crippen LogP contribution is 2.07. The molecule has 0 aliphatic rings. The van der Waals surface area contributed by atoms with Gasteiger partial charge in [0.05, 0.1) is 5.72 Å². The van der Waals surface area contributed by atoms with Gasteiger partial charge in [-0.2, -0.15) is 5.26 Å². The Morgan fingerprint density at radius 1 is 1.56 bits per heavy atom. The molecule has 0 saturated carbocycles. The zero-order valence-electron chi connectivity index (χ0n) is 10.0. The second kappa shape index (κ2) is 5.32. The van der Waals surface area contributed by atoms with Crippen LogP contribution in [0.15, 0.2) is 6.20 Å². The van der Waals surface area contributed by atoms with Crippen LogP contribution in [0.4, 0.5) is 0 Å². The molecule has 1 rings (SSSR count). The van der Waals surface area contributed by atoms with Gasteiger partial charge in [0.15, 0.2) is 13.5 Å². The number of rotatable bonds is 5. The molecule has 0 fully saturated rings. The molecule has 1 aromatic heterocycles. The molecule has 0 aromatic carbocycles. The van der Waals surface area contributed by atoms with E-state index in [0.717, 1.165) is 12.7 Å². The van der Waals surface area contributed by atoms with Crippen molar-refractivity contribution < 1.29 is 4.74 Å². The minimum atomic E-state index is -1.04. The quantitative estimate of drug-likeness (QED) is 0.560. The van der Waals surface area contributed by atoms with Crippen LogP contribution in [0.5, 0.6) is 0 Å². The average Bonchev–Trinajstić information content (AvgIpc) is 2.53. The van der Waals surface area contributed by atoms with Crippen LogP contribution in [0.25, 0.3) is 0 Å². The van der Waals surface area contributed by atoms with Gasteiger partial charge in [-0.25, -0.2) is 4.98 Å². The standard InChI is InChI=1S/C10H16BN3OSi/c1-16(2,3)5-4-15-8-14-7-9(6-12)13-10(14)11/h7H,4-5,8H2,1-3H3. The highest BCUT2D eigenvalue weighted by atomic mass is 28.3. The number of hydrogen-bond donors (Lipinski definition) is 0. The zero-order chi connectivity index (χ0) is 12.2. The number of nitriles is 1. The maximum atomic E-state index is 8.64. The van der Waals surface area contributed by atoms with Crippen LogP contribution in [0.2, 0.25) is 25.7 Å². The van der Waals surface area contributed by atoms with Gasteiger partial charge in [-0.1, -0.05) is 19.6 Å². The molecule has 4 nitrogen and oxygen atoms in total. The molecule has 2 radical (unpaired) electrons. The molecule has 0 amide bonds. The molecule has 1 heterocycles. The van der Waals surface area contributed by atoms with E-state index < -0.39 is 8.07 Å². The van der Waals surface area contributed by atoms with Crippen LogP contribution in [-0.4, -0.2) is 32.1 Å². The van der Waals surface area contributed by atoms with Gasteiger partial charge in [-0.15, -0.1) is 0 Å². The van der Waals surface area contributed by atoms with Crippen molar-refractivity contribution in [3.63, 3.8) is 0 Å². The highest BCUT2D eigenvalue weighted by Gasteiger charge is 2.12. The number of imidazole rings is 1. The maximum Gasteiger partial charge on any atom is 0.167 e. The summed E-state index contributed by atoms with van der Waals surface area (Å²) in [4.78, 5) is 3.86. The Hall–Kier alpha value is -1.06. The van der Waals surface area contributed by atoms with Crippen LogP contribution in [0.1, 0.15) is 5.69 Å². The lowest BCUT2D eigenvalue weighted by molar-refractivity contribution is 0.0892. The van der Waals surface area contributed by atoms with Gasteiger partial charge in [0, 0.05) is 20.9 Å². The van der Waals surface area contributed by atoms with E-state index in [2.05, 4.69) is 24.6 Å². The van der Waals surface area contributed by atoms with E-state index in [1.165, 1.54) is 0 Å². The van der Waals surface area contributed by atoms with Crippen molar-refractivity contribution in [1.82, 2.24) is 9.55 Å². The smallest absolute Gasteiger partial charge is 0.167 e. The number of nitrogens with zero attached hydrogens (tertiary/aromatic N) is 3. The molecular formula is C10H16BN3OSi. The Morgan fingerprint density at radius 3 is 2.75 bits per heavy atom. The summed E-state index contributed by atoms with van der Waals surface area (Å²) in [6, 6.07) is 3.06. The Labute approximate surface area is 98.7 Å². The molecule has 0 aliphatic carbocycles. The summed E-state index contributed by atoms with van der Waals surface area (Å²) in [5.74, 6) is 0. The zero-order valence-corrected chi connectivity index (χ0v) is 11.0. The molecule has 0 atom stereocenters. The Kier molecular flexibility index (Phi) is 4.33. The second-order valence-electron chi connectivity index (χ2n) is 4.91. The van der Waals surface area contributed by atoms with Crippen LogP contribution in [0, 0.1) is 11.3 Å². The molecule has 0 saturated heterocycles. The van der Waals surface area contributed by atoms with Crippen molar-refractivity contribution in [1.29, 1.82) is 5.26 Å². The Bertz CT molecular complexity index is 392. The van der Waals surface area contributed by atoms with E-state index in [1.807, 2.05) is 6.07 Å². The van der Waals surface area contributed by atoms with Gasteiger partial charge in [-0.3, -0.25) is 0 Å². The maximum absolute atomic E-state index is 8.64. The summed E-state index contributed by atoms with van der Waals surface area (Å²) in [7, 11) is 4.57. The summed E-state index contributed by atoms with van der Waals surface area (Å²) >= 11 is 0. The van der Waals surface area contributed by atoms with E-state index in [4.69, 9.17) is 17.8 Å². The van der Waals surface area contributed by atoms with E-state index in [1.54, 1.807) is 10.8 Å². The summed E-state index contributed by atoms with van der Waals surface area (Å²) in [5, 5.41) is 8.64. The summed E-state index contributed by atoms with van der Waals surface area (Å²) in [6.45, 7) is 8.00. The lowest BCUT2D eigenvalue weighted by atomic mass is 10.1. The van der Waals surface area contributed by atoms with Crippen molar-refractivity contribution in [3.05, 3.63) is 11.9 Å².